The number of hydrogen-bond acceptors (Lipinski definition) is 3. The zero-order valence-electron chi connectivity index (χ0n) is 17.0. The first-order valence-electron chi connectivity index (χ1n) is 10.2. The third kappa shape index (κ3) is 4.83. The molecule has 1 aromatic heterocycles. The van der Waals surface area contributed by atoms with Gasteiger partial charge in [-0.25, -0.2) is 0 Å². The van der Waals surface area contributed by atoms with Crippen LogP contribution in [0.25, 0.3) is 0 Å². The van der Waals surface area contributed by atoms with Gasteiger partial charge in [0.15, 0.2) is 0 Å². The second kappa shape index (κ2) is 9.09. The third-order valence-corrected chi connectivity index (χ3v) is 5.66. The molecule has 3 rings (SSSR count). The summed E-state index contributed by atoms with van der Waals surface area (Å²) in [7, 11) is 0. The number of nitrogens with one attached hydrogen (secondary N) is 2. The summed E-state index contributed by atoms with van der Waals surface area (Å²) in [5.74, 6) is 1.17. The highest BCUT2D eigenvalue weighted by Gasteiger charge is 2.30. The van der Waals surface area contributed by atoms with Crippen LogP contribution in [0, 0.1) is 18.8 Å². The predicted molar refractivity (Wildman–Crippen MR) is 110 cm³/mol. The normalized spacial score (nSPS) is 19.4. The van der Waals surface area contributed by atoms with E-state index in [-0.39, 0.29) is 23.7 Å². The van der Waals surface area contributed by atoms with Crippen molar-refractivity contribution in [1.29, 1.82) is 0 Å². The minimum atomic E-state index is -0.0336. The topological polar surface area (TPSA) is 71.3 Å². The number of rotatable bonds is 6. The van der Waals surface area contributed by atoms with E-state index in [4.69, 9.17) is 4.42 Å². The Balaban J connectivity index is 1.52. The quantitative estimate of drug-likeness (QED) is 0.756. The number of amides is 2. The molecule has 2 aromatic rings. The van der Waals surface area contributed by atoms with Gasteiger partial charge in [-0.1, -0.05) is 32.0 Å². The molecule has 2 N–H and O–H groups in total. The van der Waals surface area contributed by atoms with E-state index in [0.29, 0.717) is 12.5 Å². The van der Waals surface area contributed by atoms with Crippen molar-refractivity contribution in [2.24, 2.45) is 11.8 Å². The van der Waals surface area contributed by atoms with E-state index in [1.54, 1.807) is 6.26 Å². The van der Waals surface area contributed by atoms with E-state index in [9.17, 15) is 9.59 Å². The lowest BCUT2D eigenvalue weighted by atomic mass is 9.81. The predicted octanol–water partition coefficient (Wildman–Crippen LogP) is 4.77. The van der Waals surface area contributed by atoms with Crippen molar-refractivity contribution in [3.8, 4) is 0 Å². The molecule has 0 unspecified atom stereocenters. The highest BCUT2D eigenvalue weighted by Crippen LogP contribution is 2.32. The summed E-state index contributed by atoms with van der Waals surface area (Å²) >= 11 is 0. The maximum Gasteiger partial charge on any atom is 0.227 e. The van der Waals surface area contributed by atoms with Crippen LogP contribution in [0.2, 0.25) is 0 Å². The highest BCUT2D eigenvalue weighted by molar-refractivity contribution is 5.94. The average Bonchev–Trinajstić information content (AvgIpc) is 3.21. The van der Waals surface area contributed by atoms with Crippen LogP contribution in [0.15, 0.2) is 41.0 Å². The molecule has 150 valence electrons. The highest BCUT2D eigenvalue weighted by atomic mass is 16.3. The molecule has 1 aliphatic carbocycles. The van der Waals surface area contributed by atoms with Gasteiger partial charge in [-0.2, -0.15) is 0 Å². The van der Waals surface area contributed by atoms with Crippen LogP contribution >= 0.6 is 0 Å². The van der Waals surface area contributed by atoms with Crippen LogP contribution in [0.5, 0.6) is 0 Å². The van der Waals surface area contributed by atoms with Crippen molar-refractivity contribution >= 4 is 17.5 Å². The molecule has 1 saturated carbocycles. The Bertz CT molecular complexity index is 803. The molecule has 1 heterocycles. The van der Waals surface area contributed by atoms with Gasteiger partial charge < -0.3 is 15.1 Å². The molecule has 0 spiro atoms. The number of anilines is 1. The minimum absolute atomic E-state index is 0.0244. The van der Waals surface area contributed by atoms with Crippen molar-refractivity contribution in [3.05, 3.63) is 53.5 Å². The molecule has 0 atom stereocenters. The van der Waals surface area contributed by atoms with Crippen LogP contribution in [0.1, 0.15) is 62.3 Å². The van der Waals surface area contributed by atoms with Gasteiger partial charge in [0.05, 0.1) is 12.8 Å². The SMILES string of the molecule is Cc1cccc(C(C)C)c1NC(=O)C1CCC(C(=O)NCc2ccco2)CC1. The number of hydrogen-bond donors (Lipinski definition) is 2. The molecule has 0 bridgehead atoms. The number of carbonyl (C=O) groups excluding carboxylic acids is 2. The first kappa shape index (κ1) is 20.2. The van der Waals surface area contributed by atoms with Crippen LogP contribution in [-0.4, -0.2) is 11.8 Å². The molecule has 5 nitrogen and oxygen atoms in total. The summed E-state index contributed by atoms with van der Waals surface area (Å²) in [4.78, 5) is 25.2. The number of aryl methyl sites for hydroxylation is 1. The fraction of sp³-hybridized carbons (Fsp3) is 0.478. The minimum Gasteiger partial charge on any atom is -0.467 e. The van der Waals surface area contributed by atoms with Gasteiger partial charge in [-0.15, -0.1) is 0 Å². The van der Waals surface area contributed by atoms with Gasteiger partial charge in [-0.3, -0.25) is 9.59 Å². The molecule has 28 heavy (non-hydrogen) atoms. The first-order chi connectivity index (χ1) is 13.5. The lowest BCUT2D eigenvalue weighted by Crippen LogP contribution is -2.35. The molecule has 0 aliphatic heterocycles. The Morgan fingerprint density at radius 3 is 2.32 bits per heavy atom. The Morgan fingerprint density at radius 1 is 1.04 bits per heavy atom. The van der Waals surface area contributed by atoms with Crippen molar-refractivity contribution in [2.45, 2.75) is 58.9 Å². The van der Waals surface area contributed by atoms with Gasteiger partial charge in [0, 0.05) is 17.5 Å². The summed E-state index contributed by atoms with van der Waals surface area (Å²) in [6.07, 6.45) is 4.57. The van der Waals surface area contributed by atoms with Crippen LogP contribution < -0.4 is 10.6 Å². The molecule has 5 heteroatoms. The second-order valence-electron chi connectivity index (χ2n) is 8.03. The van der Waals surface area contributed by atoms with Crippen LogP contribution in [0.3, 0.4) is 0 Å². The number of carbonyl (C=O) groups is 2. The van der Waals surface area contributed by atoms with E-state index in [2.05, 4.69) is 30.5 Å². The molecular formula is C23H30N2O3. The lowest BCUT2D eigenvalue weighted by Gasteiger charge is -2.27. The van der Waals surface area contributed by atoms with Gasteiger partial charge in [0.2, 0.25) is 11.8 Å². The third-order valence-electron chi connectivity index (χ3n) is 5.66. The monoisotopic (exact) mass is 382 g/mol. The summed E-state index contributed by atoms with van der Waals surface area (Å²) in [6.45, 7) is 6.72. The lowest BCUT2D eigenvalue weighted by molar-refractivity contribution is -0.128. The molecule has 0 radical (unpaired) electrons. The average molecular weight is 383 g/mol. The fourth-order valence-corrected chi connectivity index (χ4v) is 3.92. The maximum absolute atomic E-state index is 12.8. The summed E-state index contributed by atoms with van der Waals surface area (Å²) in [5, 5.41) is 6.10. The molecule has 1 fully saturated rings. The maximum atomic E-state index is 12.8. The summed E-state index contributed by atoms with van der Waals surface area (Å²) in [6, 6.07) is 9.80. The zero-order chi connectivity index (χ0) is 20.1. The van der Waals surface area contributed by atoms with E-state index >= 15 is 0 Å². The number of benzene rings is 1. The van der Waals surface area contributed by atoms with Crippen molar-refractivity contribution in [1.82, 2.24) is 5.32 Å². The van der Waals surface area contributed by atoms with Crippen LogP contribution in [0.4, 0.5) is 5.69 Å². The molecule has 1 aromatic carbocycles. The van der Waals surface area contributed by atoms with Gasteiger partial charge in [0.1, 0.15) is 5.76 Å². The van der Waals surface area contributed by atoms with Gasteiger partial charge >= 0.3 is 0 Å². The van der Waals surface area contributed by atoms with E-state index in [1.807, 2.05) is 31.2 Å². The van der Waals surface area contributed by atoms with Gasteiger partial charge in [0.25, 0.3) is 0 Å². The van der Waals surface area contributed by atoms with E-state index in [0.717, 1.165) is 42.7 Å². The first-order valence-corrected chi connectivity index (χ1v) is 10.2. The largest absolute Gasteiger partial charge is 0.467 e. The van der Waals surface area contributed by atoms with Crippen molar-refractivity contribution in [2.75, 3.05) is 5.32 Å². The Labute approximate surface area is 166 Å². The van der Waals surface area contributed by atoms with Crippen molar-refractivity contribution in [3.63, 3.8) is 0 Å². The Kier molecular flexibility index (Phi) is 6.55. The fourth-order valence-electron chi connectivity index (χ4n) is 3.92. The van der Waals surface area contributed by atoms with Crippen LogP contribution in [-0.2, 0) is 16.1 Å². The van der Waals surface area contributed by atoms with E-state index < -0.39 is 0 Å². The van der Waals surface area contributed by atoms with Crippen molar-refractivity contribution < 1.29 is 14.0 Å². The van der Waals surface area contributed by atoms with Gasteiger partial charge in [-0.05, 0) is 61.8 Å². The molecule has 1 aliphatic rings. The standard InChI is InChI=1S/C23H30N2O3/c1-15(2)20-8-4-6-16(3)21(20)25-23(27)18-11-9-17(10-12-18)22(26)24-14-19-7-5-13-28-19/h4-8,13,15,17-18H,9-12,14H2,1-3H3,(H,24,26)(H,25,27). The number of furan rings is 1. The smallest absolute Gasteiger partial charge is 0.227 e. The summed E-state index contributed by atoms with van der Waals surface area (Å²) < 4.78 is 5.24. The molecule has 0 saturated heterocycles. The number of para-hydroxylation sites is 1. The Hall–Kier alpha value is -2.56. The summed E-state index contributed by atoms with van der Waals surface area (Å²) in [5.41, 5.74) is 3.20. The van der Waals surface area contributed by atoms with E-state index in [1.165, 1.54) is 5.56 Å². The second-order valence-corrected chi connectivity index (χ2v) is 8.03. The molecule has 2 amide bonds. The zero-order valence-corrected chi connectivity index (χ0v) is 17.0. The molecular weight excluding hydrogens is 352 g/mol. The Morgan fingerprint density at radius 2 is 1.71 bits per heavy atom.